The third-order valence-electron chi connectivity index (χ3n) is 3.38. The minimum atomic E-state index is -0.463. The van der Waals surface area contributed by atoms with Gasteiger partial charge in [0.1, 0.15) is 5.75 Å². The molecule has 118 valence electrons. The minimum Gasteiger partial charge on any atom is -0.423 e. The molecule has 23 heavy (non-hydrogen) atoms. The Morgan fingerprint density at radius 2 is 1.83 bits per heavy atom. The van der Waals surface area contributed by atoms with Crippen molar-refractivity contribution in [2.45, 2.75) is 26.2 Å². The molecule has 0 aliphatic heterocycles. The van der Waals surface area contributed by atoms with Gasteiger partial charge in [-0.25, -0.2) is 4.79 Å². The molecule has 3 nitrogen and oxygen atoms in total. The van der Waals surface area contributed by atoms with Crippen LogP contribution < -0.4 is 4.74 Å². The van der Waals surface area contributed by atoms with Crippen molar-refractivity contribution >= 4 is 17.9 Å². The van der Waals surface area contributed by atoms with E-state index in [0.29, 0.717) is 5.75 Å². The van der Waals surface area contributed by atoms with Crippen molar-refractivity contribution in [3.8, 4) is 5.75 Å². The molecule has 2 aromatic rings. The van der Waals surface area contributed by atoms with Crippen LogP contribution in [0.2, 0.25) is 0 Å². The summed E-state index contributed by atoms with van der Waals surface area (Å²) in [7, 11) is 0. The summed E-state index contributed by atoms with van der Waals surface area (Å²) in [5.41, 5.74) is 3.21. The molecule has 0 spiro atoms. The molecule has 2 aromatic carbocycles. The number of aliphatic imine (C=N–C) groups is 1. The molecule has 0 N–H and O–H groups in total. The fourth-order valence-electron chi connectivity index (χ4n) is 2.06. The number of aryl methyl sites for hydroxylation is 1. The highest BCUT2D eigenvalue weighted by Gasteiger charge is 1.99. The second-order valence-corrected chi connectivity index (χ2v) is 5.22. The van der Waals surface area contributed by atoms with Crippen LogP contribution in [0.3, 0.4) is 0 Å². The highest BCUT2D eigenvalue weighted by molar-refractivity contribution is 5.84. The second kappa shape index (κ2) is 8.69. The first kappa shape index (κ1) is 16.7. The maximum Gasteiger partial charge on any atom is 0.335 e. The maximum absolute atomic E-state index is 11.1. The molecule has 0 amide bonds. The zero-order chi connectivity index (χ0) is 16.5. The SMILES string of the molecule is C=CC(=O)Oc1ccc(C=Nc2ccc(CCCC)cc2)cc1. The molecule has 0 aromatic heterocycles. The van der Waals surface area contributed by atoms with Gasteiger partial charge in [-0.2, -0.15) is 0 Å². The van der Waals surface area contributed by atoms with Gasteiger partial charge in [0.05, 0.1) is 5.69 Å². The summed E-state index contributed by atoms with van der Waals surface area (Å²) in [4.78, 5) is 15.6. The summed E-state index contributed by atoms with van der Waals surface area (Å²) in [5.74, 6) is 0.0295. The quantitative estimate of drug-likeness (QED) is 0.317. The Balaban J connectivity index is 1.96. The third kappa shape index (κ3) is 5.55. The Bertz CT molecular complexity index is 670. The molecule has 0 radical (unpaired) electrons. The van der Waals surface area contributed by atoms with Crippen LogP contribution in [0.25, 0.3) is 0 Å². The van der Waals surface area contributed by atoms with Crippen LogP contribution in [0, 0.1) is 0 Å². The monoisotopic (exact) mass is 307 g/mol. The Morgan fingerprint density at radius 3 is 2.43 bits per heavy atom. The molecular weight excluding hydrogens is 286 g/mol. The number of ether oxygens (including phenoxy) is 1. The van der Waals surface area contributed by atoms with Gasteiger partial charge in [0.25, 0.3) is 0 Å². The van der Waals surface area contributed by atoms with Crippen LogP contribution in [-0.2, 0) is 11.2 Å². The predicted molar refractivity (Wildman–Crippen MR) is 94.6 cm³/mol. The Labute approximate surface area is 137 Å². The van der Waals surface area contributed by atoms with E-state index < -0.39 is 5.97 Å². The topological polar surface area (TPSA) is 38.7 Å². The van der Waals surface area contributed by atoms with Crippen molar-refractivity contribution < 1.29 is 9.53 Å². The standard InChI is InChI=1S/C20H21NO2/c1-3-5-6-16-7-11-18(12-8-16)21-15-17-9-13-19(14-10-17)23-20(22)4-2/h4,7-15H,2-3,5-6H2,1H3. The molecule has 0 heterocycles. The average molecular weight is 307 g/mol. The van der Waals surface area contributed by atoms with Crippen molar-refractivity contribution in [1.29, 1.82) is 0 Å². The van der Waals surface area contributed by atoms with Crippen molar-refractivity contribution in [1.82, 2.24) is 0 Å². The van der Waals surface area contributed by atoms with Crippen molar-refractivity contribution in [2.24, 2.45) is 4.99 Å². The van der Waals surface area contributed by atoms with Gasteiger partial charge in [0, 0.05) is 12.3 Å². The Hall–Kier alpha value is -2.68. The largest absolute Gasteiger partial charge is 0.423 e. The highest BCUT2D eigenvalue weighted by atomic mass is 16.5. The lowest BCUT2D eigenvalue weighted by molar-refractivity contribution is -0.128. The number of carbonyl (C=O) groups excluding carboxylic acids is 1. The van der Waals surface area contributed by atoms with E-state index in [0.717, 1.165) is 23.7 Å². The number of carbonyl (C=O) groups is 1. The summed E-state index contributed by atoms with van der Waals surface area (Å²) >= 11 is 0. The smallest absolute Gasteiger partial charge is 0.335 e. The van der Waals surface area contributed by atoms with E-state index in [-0.39, 0.29) is 0 Å². The summed E-state index contributed by atoms with van der Waals surface area (Å²) < 4.78 is 5.03. The van der Waals surface area contributed by atoms with Crippen LogP contribution in [0.5, 0.6) is 5.75 Å². The molecule has 0 aliphatic carbocycles. The maximum atomic E-state index is 11.1. The number of unbranched alkanes of at least 4 members (excludes halogenated alkanes) is 1. The van der Waals surface area contributed by atoms with E-state index >= 15 is 0 Å². The van der Waals surface area contributed by atoms with Gasteiger partial charge in [0.2, 0.25) is 0 Å². The molecule has 0 saturated carbocycles. The second-order valence-electron chi connectivity index (χ2n) is 5.22. The van der Waals surface area contributed by atoms with E-state index in [1.54, 1.807) is 18.3 Å². The van der Waals surface area contributed by atoms with E-state index in [4.69, 9.17) is 4.74 Å². The normalized spacial score (nSPS) is 10.7. The van der Waals surface area contributed by atoms with Crippen LogP contribution in [0.4, 0.5) is 5.69 Å². The lowest BCUT2D eigenvalue weighted by Gasteiger charge is -2.02. The van der Waals surface area contributed by atoms with E-state index in [2.05, 4.69) is 30.6 Å². The Morgan fingerprint density at radius 1 is 1.13 bits per heavy atom. The lowest BCUT2D eigenvalue weighted by atomic mass is 10.1. The molecule has 3 heteroatoms. The summed E-state index contributed by atoms with van der Waals surface area (Å²) in [6.07, 6.45) is 6.47. The number of benzene rings is 2. The molecule has 0 fully saturated rings. The summed E-state index contributed by atoms with van der Waals surface area (Å²) in [6.45, 7) is 5.56. The van der Waals surface area contributed by atoms with E-state index in [1.165, 1.54) is 18.4 Å². The van der Waals surface area contributed by atoms with E-state index in [9.17, 15) is 4.79 Å². The fourth-order valence-corrected chi connectivity index (χ4v) is 2.06. The van der Waals surface area contributed by atoms with Gasteiger partial charge in [-0.15, -0.1) is 0 Å². The number of nitrogens with zero attached hydrogens (tertiary/aromatic N) is 1. The number of esters is 1. The van der Waals surface area contributed by atoms with Gasteiger partial charge < -0.3 is 4.74 Å². The number of rotatable bonds is 7. The summed E-state index contributed by atoms with van der Waals surface area (Å²) in [6, 6.07) is 15.5. The third-order valence-corrected chi connectivity index (χ3v) is 3.38. The molecule has 0 unspecified atom stereocenters. The molecular formula is C20H21NO2. The molecule has 0 atom stereocenters. The van der Waals surface area contributed by atoms with E-state index in [1.807, 2.05) is 24.3 Å². The fraction of sp³-hybridized carbons (Fsp3) is 0.200. The first-order valence-electron chi connectivity index (χ1n) is 7.78. The molecule has 0 bridgehead atoms. The molecule has 0 saturated heterocycles. The van der Waals surface area contributed by atoms with Gasteiger partial charge in [-0.3, -0.25) is 4.99 Å². The number of hydrogen-bond donors (Lipinski definition) is 0. The van der Waals surface area contributed by atoms with Crippen LogP contribution >= 0.6 is 0 Å². The zero-order valence-corrected chi connectivity index (χ0v) is 13.4. The number of hydrogen-bond acceptors (Lipinski definition) is 3. The van der Waals surface area contributed by atoms with Crippen LogP contribution in [-0.4, -0.2) is 12.2 Å². The highest BCUT2D eigenvalue weighted by Crippen LogP contribution is 2.16. The van der Waals surface area contributed by atoms with Gasteiger partial charge in [-0.05, 0) is 60.4 Å². The average Bonchev–Trinajstić information content (AvgIpc) is 2.60. The van der Waals surface area contributed by atoms with Gasteiger partial charge in [-0.1, -0.05) is 32.1 Å². The van der Waals surface area contributed by atoms with Gasteiger partial charge >= 0.3 is 5.97 Å². The molecule has 0 aliphatic rings. The first-order chi connectivity index (χ1) is 11.2. The first-order valence-corrected chi connectivity index (χ1v) is 7.78. The summed E-state index contributed by atoms with van der Waals surface area (Å²) in [5, 5.41) is 0. The van der Waals surface area contributed by atoms with Gasteiger partial charge in [0.15, 0.2) is 0 Å². The predicted octanol–water partition coefficient (Wildman–Crippen LogP) is 4.87. The van der Waals surface area contributed by atoms with Crippen molar-refractivity contribution in [3.63, 3.8) is 0 Å². The minimum absolute atomic E-state index is 0.463. The molecule has 2 rings (SSSR count). The zero-order valence-electron chi connectivity index (χ0n) is 13.4. The Kier molecular flexibility index (Phi) is 6.30. The lowest BCUT2D eigenvalue weighted by Crippen LogP contribution is -2.02. The van der Waals surface area contributed by atoms with Crippen molar-refractivity contribution in [2.75, 3.05) is 0 Å². The van der Waals surface area contributed by atoms with Crippen LogP contribution in [0.15, 0.2) is 66.2 Å². The van der Waals surface area contributed by atoms with Crippen LogP contribution in [0.1, 0.15) is 30.9 Å². The van der Waals surface area contributed by atoms with Crippen molar-refractivity contribution in [3.05, 3.63) is 72.3 Å².